The Morgan fingerprint density at radius 3 is 2.35 bits per heavy atom. The Morgan fingerprint density at radius 1 is 1.35 bits per heavy atom. The largest absolute Gasteiger partial charge is 0.389 e. The van der Waals surface area contributed by atoms with Gasteiger partial charge in [0, 0.05) is 17.0 Å². The maximum Gasteiger partial charge on any atom is 0.102 e. The topological polar surface area (TPSA) is 43.7 Å². The number of benzene rings is 1. The van der Waals surface area contributed by atoms with Gasteiger partial charge in [-0.15, -0.1) is 0 Å². The number of hydrogen-bond donors (Lipinski definition) is 2. The van der Waals surface area contributed by atoms with Gasteiger partial charge in [-0.25, -0.2) is 0 Å². The zero-order valence-electron chi connectivity index (χ0n) is 11.9. The van der Waals surface area contributed by atoms with Crippen LogP contribution >= 0.6 is 23.8 Å². The third-order valence-electron chi connectivity index (χ3n) is 3.58. The molecule has 2 unspecified atom stereocenters. The van der Waals surface area contributed by atoms with Gasteiger partial charge >= 0.3 is 0 Å². The Bertz CT molecular complexity index is 498. The number of nitrogens with zero attached hydrogens (tertiary/aromatic N) is 1. The number of hydrogen-bond acceptors (Lipinski definition) is 3. The van der Waals surface area contributed by atoms with E-state index in [-0.39, 0.29) is 11.5 Å². The van der Waals surface area contributed by atoms with E-state index in [9.17, 15) is 10.2 Å². The maximum atomic E-state index is 10.5. The summed E-state index contributed by atoms with van der Waals surface area (Å²) in [5.41, 5.74) is 0.577. The normalized spacial score (nSPS) is 24.2. The molecule has 3 atom stereocenters. The van der Waals surface area contributed by atoms with E-state index in [2.05, 4.69) is 0 Å². The van der Waals surface area contributed by atoms with Crippen LogP contribution in [0.2, 0.25) is 5.02 Å². The maximum absolute atomic E-state index is 10.5. The number of halogens is 1. The van der Waals surface area contributed by atoms with E-state index in [0.717, 1.165) is 10.6 Å². The first-order chi connectivity index (χ1) is 9.21. The molecule has 1 aliphatic heterocycles. The molecule has 1 aliphatic rings. The molecule has 20 heavy (non-hydrogen) atoms. The molecule has 1 heterocycles. The second-order valence-electron chi connectivity index (χ2n) is 6.26. The van der Waals surface area contributed by atoms with Crippen molar-refractivity contribution in [2.45, 2.75) is 39.0 Å². The summed E-state index contributed by atoms with van der Waals surface area (Å²) in [7, 11) is 0. The molecule has 2 rings (SSSR count). The van der Waals surface area contributed by atoms with E-state index in [0.29, 0.717) is 11.6 Å². The van der Waals surface area contributed by atoms with Crippen LogP contribution in [0.5, 0.6) is 0 Å². The fraction of sp³-hybridized carbons (Fsp3) is 0.533. The van der Waals surface area contributed by atoms with Crippen LogP contribution in [0.3, 0.4) is 0 Å². The van der Waals surface area contributed by atoms with Gasteiger partial charge in [-0.05, 0) is 17.7 Å². The van der Waals surface area contributed by atoms with Crippen LogP contribution in [0.25, 0.3) is 0 Å². The van der Waals surface area contributed by atoms with Crippen molar-refractivity contribution in [2.75, 3.05) is 6.54 Å². The lowest BCUT2D eigenvalue weighted by molar-refractivity contribution is -0.0814. The molecule has 1 aromatic rings. The molecule has 1 fully saturated rings. The van der Waals surface area contributed by atoms with Crippen LogP contribution in [0, 0.1) is 5.41 Å². The molecule has 2 N–H and O–H groups in total. The minimum Gasteiger partial charge on any atom is -0.389 e. The zero-order valence-corrected chi connectivity index (χ0v) is 13.4. The molecule has 1 aromatic carbocycles. The number of aliphatic hydroxyl groups excluding tert-OH is 2. The summed E-state index contributed by atoms with van der Waals surface area (Å²) in [6, 6.07) is 6.63. The molecule has 0 saturated carbocycles. The number of rotatable bonds is 2. The Balaban J connectivity index is 2.17. The fourth-order valence-electron chi connectivity index (χ4n) is 2.39. The first kappa shape index (κ1) is 15.7. The monoisotopic (exact) mass is 313 g/mol. The molecule has 0 bridgehead atoms. The van der Waals surface area contributed by atoms with Gasteiger partial charge in [0.15, 0.2) is 0 Å². The average molecular weight is 314 g/mol. The molecular weight excluding hydrogens is 294 g/mol. The highest BCUT2D eigenvalue weighted by atomic mass is 35.5. The van der Waals surface area contributed by atoms with Gasteiger partial charge in [0.05, 0.1) is 17.1 Å². The third-order valence-corrected chi connectivity index (χ3v) is 4.67. The molecule has 0 radical (unpaired) electrons. The predicted octanol–water partition coefficient (Wildman–Crippen LogP) is 2.79. The number of likely N-dealkylation sites (tertiary alicyclic amines) is 1. The molecule has 0 amide bonds. The summed E-state index contributed by atoms with van der Waals surface area (Å²) in [6.07, 6.45) is -1.35. The van der Waals surface area contributed by atoms with E-state index >= 15 is 0 Å². The molecule has 1 saturated heterocycles. The standard InChI is InChI=1S/C15H20ClNO2S/c1-15(2,3)14(20)17-8-11(18)12(17)13(19)9-4-6-10(16)7-5-9/h4-7,11-13,18-19H,8H2,1-3H3/t11-,12?,13?/m0/s1. The Labute approximate surface area is 130 Å². The van der Waals surface area contributed by atoms with E-state index in [1.807, 2.05) is 25.7 Å². The highest BCUT2D eigenvalue weighted by Gasteiger charge is 2.46. The molecule has 110 valence electrons. The van der Waals surface area contributed by atoms with Gasteiger partial charge in [-0.1, -0.05) is 56.7 Å². The fourth-order valence-corrected chi connectivity index (χ4v) is 2.71. The van der Waals surface area contributed by atoms with Crippen molar-refractivity contribution in [3.05, 3.63) is 34.9 Å². The van der Waals surface area contributed by atoms with E-state index in [1.165, 1.54) is 0 Å². The lowest BCUT2D eigenvalue weighted by Crippen LogP contribution is -2.65. The van der Waals surface area contributed by atoms with Crippen LogP contribution < -0.4 is 0 Å². The van der Waals surface area contributed by atoms with Gasteiger partial charge in [0.1, 0.15) is 6.10 Å². The number of thiocarbonyl (C=S) groups is 1. The molecule has 0 spiro atoms. The molecule has 0 aromatic heterocycles. The third kappa shape index (κ3) is 2.98. The highest BCUT2D eigenvalue weighted by molar-refractivity contribution is 7.80. The van der Waals surface area contributed by atoms with E-state index < -0.39 is 12.2 Å². The Kier molecular flexibility index (Phi) is 4.40. The second-order valence-corrected chi connectivity index (χ2v) is 7.08. The van der Waals surface area contributed by atoms with Crippen LogP contribution in [-0.4, -0.2) is 38.8 Å². The zero-order chi connectivity index (χ0) is 15.1. The molecular formula is C15H20ClNO2S. The average Bonchev–Trinajstić information content (AvgIpc) is 2.34. The van der Waals surface area contributed by atoms with Crippen LogP contribution in [0.15, 0.2) is 24.3 Å². The second kappa shape index (κ2) is 5.60. The quantitative estimate of drug-likeness (QED) is 0.824. The van der Waals surface area contributed by atoms with Gasteiger partial charge in [0.2, 0.25) is 0 Å². The SMILES string of the molecule is CC(C)(C)C(=S)N1C[C@H](O)C1C(O)c1ccc(Cl)cc1. The number of β-amino-alcohol motifs (C(OH)–C–C–N with tert-alkyl or cyclic N) is 1. The van der Waals surface area contributed by atoms with Crippen LogP contribution in [0.1, 0.15) is 32.4 Å². The molecule has 5 heteroatoms. The Hall–Kier alpha value is -0.680. The molecule has 3 nitrogen and oxygen atoms in total. The van der Waals surface area contributed by atoms with E-state index in [4.69, 9.17) is 23.8 Å². The van der Waals surface area contributed by atoms with Crippen molar-refractivity contribution < 1.29 is 10.2 Å². The summed E-state index contributed by atoms with van der Waals surface area (Å²) in [6.45, 7) is 6.58. The van der Waals surface area contributed by atoms with E-state index in [1.54, 1.807) is 24.3 Å². The smallest absolute Gasteiger partial charge is 0.102 e. The minimum atomic E-state index is -0.781. The van der Waals surface area contributed by atoms with Crippen LogP contribution in [-0.2, 0) is 0 Å². The van der Waals surface area contributed by atoms with Crippen LogP contribution in [0.4, 0.5) is 0 Å². The summed E-state index contributed by atoms with van der Waals surface area (Å²) >= 11 is 11.3. The lowest BCUT2D eigenvalue weighted by Gasteiger charge is -2.51. The van der Waals surface area contributed by atoms with Gasteiger partial charge in [-0.2, -0.15) is 0 Å². The van der Waals surface area contributed by atoms with Crippen molar-refractivity contribution in [3.63, 3.8) is 0 Å². The van der Waals surface area contributed by atoms with Crippen molar-refractivity contribution in [1.29, 1.82) is 0 Å². The summed E-state index contributed by atoms with van der Waals surface area (Å²) in [5.74, 6) is 0. The first-order valence-corrected chi connectivity index (χ1v) is 7.43. The van der Waals surface area contributed by atoms with Crippen molar-refractivity contribution >= 4 is 28.8 Å². The molecule has 0 aliphatic carbocycles. The minimum absolute atomic E-state index is 0.159. The van der Waals surface area contributed by atoms with Gasteiger partial charge < -0.3 is 15.1 Å². The predicted molar refractivity (Wildman–Crippen MR) is 85.0 cm³/mol. The number of aliphatic hydroxyl groups is 2. The van der Waals surface area contributed by atoms with Crippen molar-refractivity contribution in [2.24, 2.45) is 5.41 Å². The first-order valence-electron chi connectivity index (χ1n) is 6.64. The van der Waals surface area contributed by atoms with Crippen molar-refractivity contribution in [3.8, 4) is 0 Å². The summed E-state index contributed by atoms with van der Waals surface area (Å²) in [5, 5.41) is 21.1. The highest BCUT2D eigenvalue weighted by Crippen LogP contribution is 2.35. The summed E-state index contributed by atoms with van der Waals surface area (Å²) in [4.78, 5) is 2.68. The van der Waals surface area contributed by atoms with Crippen molar-refractivity contribution in [1.82, 2.24) is 4.90 Å². The Morgan fingerprint density at radius 2 is 1.90 bits per heavy atom. The lowest BCUT2D eigenvalue weighted by atomic mass is 9.85. The summed E-state index contributed by atoms with van der Waals surface area (Å²) < 4.78 is 0. The van der Waals surface area contributed by atoms with Gasteiger partial charge in [0.25, 0.3) is 0 Å². The van der Waals surface area contributed by atoms with Gasteiger partial charge in [-0.3, -0.25) is 0 Å².